The van der Waals surface area contributed by atoms with Crippen LogP contribution in [-0.2, 0) is 21.2 Å². The van der Waals surface area contributed by atoms with Crippen molar-refractivity contribution in [2.45, 2.75) is 26.3 Å². The molecular formula is C15H24N2O3S. The third-order valence-corrected chi connectivity index (χ3v) is 4.80. The fraction of sp³-hybridized carbons (Fsp3) is 0.533. The van der Waals surface area contributed by atoms with Crippen LogP contribution in [0.15, 0.2) is 30.3 Å². The largest absolute Gasteiger partial charge is 0.370 e. The third kappa shape index (κ3) is 7.82. The van der Waals surface area contributed by atoms with E-state index in [9.17, 15) is 13.2 Å². The molecule has 118 valence electrons. The zero-order valence-electron chi connectivity index (χ0n) is 12.5. The van der Waals surface area contributed by atoms with E-state index >= 15 is 0 Å². The van der Waals surface area contributed by atoms with E-state index in [0.717, 1.165) is 19.5 Å². The molecule has 0 heterocycles. The Morgan fingerprint density at radius 3 is 2.38 bits per heavy atom. The molecule has 0 bridgehead atoms. The number of sulfone groups is 1. The minimum atomic E-state index is -3.22. The van der Waals surface area contributed by atoms with Gasteiger partial charge in [0.05, 0.1) is 11.5 Å². The molecule has 1 aromatic carbocycles. The van der Waals surface area contributed by atoms with E-state index in [-0.39, 0.29) is 17.9 Å². The Labute approximate surface area is 127 Å². The van der Waals surface area contributed by atoms with Gasteiger partial charge in [0.1, 0.15) is 0 Å². The van der Waals surface area contributed by atoms with E-state index < -0.39 is 15.7 Å². The summed E-state index contributed by atoms with van der Waals surface area (Å²) in [7, 11) is -3.22. The first kappa shape index (κ1) is 17.7. The molecule has 2 N–H and O–H groups in total. The van der Waals surface area contributed by atoms with Crippen molar-refractivity contribution < 1.29 is 13.2 Å². The highest BCUT2D eigenvalue weighted by molar-refractivity contribution is 7.91. The summed E-state index contributed by atoms with van der Waals surface area (Å²) in [6.45, 7) is 4.13. The summed E-state index contributed by atoms with van der Waals surface area (Å²) in [6.07, 6.45) is 0.864. The van der Waals surface area contributed by atoms with Crippen LogP contribution in [0.2, 0.25) is 0 Å². The molecule has 0 fully saturated rings. The van der Waals surface area contributed by atoms with Gasteiger partial charge in [0.15, 0.2) is 9.84 Å². The smallest absolute Gasteiger partial charge is 0.218 e. The minimum absolute atomic E-state index is 0.0626. The summed E-state index contributed by atoms with van der Waals surface area (Å²) in [4.78, 5) is 12.8. The number of nitrogens with two attached hydrogens (primary N) is 1. The lowest BCUT2D eigenvalue weighted by atomic mass is 10.2. The Balaban J connectivity index is 2.52. The Morgan fingerprint density at radius 2 is 1.81 bits per heavy atom. The number of primary amides is 1. The van der Waals surface area contributed by atoms with Crippen LogP contribution in [0, 0.1) is 0 Å². The molecule has 0 aliphatic carbocycles. The number of carbonyl (C=O) groups is 1. The van der Waals surface area contributed by atoms with Crippen molar-refractivity contribution in [2.75, 3.05) is 24.6 Å². The number of rotatable bonds is 10. The molecule has 1 aromatic rings. The highest BCUT2D eigenvalue weighted by Crippen LogP contribution is 2.06. The van der Waals surface area contributed by atoms with Crippen LogP contribution < -0.4 is 5.73 Å². The molecule has 0 spiro atoms. The standard InChI is InChI=1S/C15H24N2O3S/c1-2-9-17(13-14-6-4-3-5-7-14)10-12-21(19,20)11-8-15(16)18/h3-7H,2,8-13H2,1H3,(H2,16,18). The van der Waals surface area contributed by atoms with Crippen LogP contribution in [0.25, 0.3) is 0 Å². The van der Waals surface area contributed by atoms with E-state index in [4.69, 9.17) is 5.73 Å². The Morgan fingerprint density at radius 1 is 1.14 bits per heavy atom. The summed E-state index contributed by atoms with van der Waals surface area (Å²) in [5.41, 5.74) is 6.16. The van der Waals surface area contributed by atoms with Gasteiger partial charge in [-0.2, -0.15) is 0 Å². The van der Waals surface area contributed by atoms with Gasteiger partial charge in [0.2, 0.25) is 5.91 Å². The molecule has 0 unspecified atom stereocenters. The van der Waals surface area contributed by atoms with Crippen molar-refractivity contribution in [2.24, 2.45) is 5.73 Å². The van der Waals surface area contributed by atoms with Crippen LogP contribution >= 0.6 is 0 Å². The Hall–Kier alpha value is -1.40. The number of amides is 1. The molecule has 0 aliphatic rings. The molecule has 6 heteroatoms. The van der Waals surface area contributed by atoms with E-state index in [1.807, 2.05) is 30.3 Å². The molecule has 0 saturated heterocycles. The predicted octanol–water partition coefficient (Wildman–Crippen LogP) is 1.19. The van der Waals surface area contributed by atoms with Crippen LogP contribution in [0.5, 0.6) is 0 Å². The van der Waals surface area contributed by atoms with Gasteiger partial charge in [0.25, 0.3) is 0 Å². The van der Waals surface area contributed by atoms with Crippen molar-refractivity contribution in [3.63, 3.8) is 0 Å². The number of hydrogen-bond donors (Lipinski definition) is 1. The number of benzene rings is 1. The molecule has 0 atom stereocenters. The van der Waals surface area contributed by atoms with E-state index in [1.165, 1.54) is 5.56 Å². The van der Waals surface area contributed by atoms with Crippen molar-refractivity contribution in [1.29, 1.82) is 0 Å². The second-order valence-electron chi connectivity index (χ2n) is 5.13. The Bertz CT molecular complexity index is 529. The maximum Gasteiger partial charge on any atom is 0.218 e. The molecular weight excluding hydrogens is 288 g/mol. The summed E-state index contributed by atoms with van der Waals surface area (Å²) in [5, 5.41) is 0. The maximum absolute atomic E-state index is 11.9. The fourth-order valence-electron chi connectivity index (χ4n) is 2.05. The monoisotopic (exact) mass is 312 g/mol. The molecule has 0 saturated carbocycles. The summed E-state index contributed by atoms with van der Waals surface area (Å²) in [6, 6.07) is 9.97. The molecule has 0 aromatic heterocycles. The van der Waals surface area contributed by atoms with Gasteiger partial charge >= 0.3 is 0 Å². The lowest BCUT2D eigenvalue weighted by Crippen LogP contribution is -2.31. The lowest BCUT2D eigenvalue weighted by Gasteiger charge is -2.21. The number of carbonyl (C=O) groups excluding carboxylic acids is 1. The van der Waals surface area contributed by atoms with Crippen LogP contribution in [0.4, 0.5) is 0 Å². The molecule has 0 radical (unpaired) electrons. The maximum atomic E-state index is 11.9. The van der Waals surface area contributed by atoms with E-state index in [0.29, 0.717) is 6.54 Å². The second kappa shape index (κ2) is 8.79. The molecule has 21 heavy (non-hydrogen) atoms. The second-order valence-corrected chi connectivity index (χ2v) is 7.43. The van der Waals surface area contributed by atoms with Gasteiger partial charge in [-0.3, -0.25) is 9.69 Å². The van der Waals surface area contributed by atoms with Crippen LogP contribution in [0.1, 0.15) is 25.3 Å². The van der Waals surface area contributed by atoms with E-state index in [1.54, 1.807) is 0 Å². The molecule has 1 amide bonds. The quantitative estimate of drug-likeness (QED) is 0.703. The summed E-state index contributed by atoms with van der Waals surface area (Å²) >= 11 is 0. The van der Waals surface area contributed by atoms with Crippen LogP contribution in [0.3, 0.4) is 0 Å². The summed E-state index contributed by atoms with van der Waals surface area (Å²) < 4.78 is 23.7. The lowest BCUT2D eigenvalue weighted by molar-refractivity contribution is -0.117. The molecule has 5 nitrogen and oxygen atoms in total. The topological polar surface area (TPSA) is 80.5 Å². The van der Waals surface area contributed by atoms with E-state index in [2.05, 4.69) is 11.8 Å². The van der Waals surface area contributed by atoms with Gasteiger partial charge in [-0.1, -0.05) is 37.3 Å². The SMILES string of the molecule is CCCN(CCS(=O)(=O)CCC(N)=O)Cc1ccccc1. The van der Waals surface area contributed by atoms with Crippen molar-refractivity contribution in [3.05, 3.63) is 35.9 Å². The number of nitrogens with zero attached hydrogens (tertiary/aromatic N) is 1. The summed E-state index contributed by atoms with van der Waals surface area (Å²) in [5.74, 6) is -0.672. The highest BCUT2D eigenvalue weighted by atomic mass is 32.2. The van der Waals surface area contributed by atoms with Crippen molar-refractivity contribution in [1.82, 2.24) is 4.90 Å². The van der Waals surface area contributed by atoms with Crippen molar-refractivity contribution >= 4 is 15.7 Å². The first-order chi connectivity index (χ1) is 9.93. The van der Waals surface area contributed by atoms with Gasteiger partial charge in [-0.25, -0.2) is 8.42 Å². The van der Waals surface area contributed by atoms with Gasteiger partial charge in [-0.05, 0) is 18.5 Å². The first-order valence-corrected chi connectivity index (χ1v) is 9.00. The third-order valence-electron chi connectivity index (χ3n) is 3.17. The number of hydrogen-bond acceptors (Lipinski definition) is 4. The van der Waals surface area contributed by atoms with Gasteiger partial charge in [0, 0.05) is 19.5 Å². The fourth-order valence-corrected chi connectivity index (χ4v) is 3.31. The predicted molar refractivity (Wildman–Crippen MR) is 84.5 cm³/mol. The molecule has 1 rings (SSSR count). The average molecular weight is 312 g/mol. The zero-order valence-corrected chi connectivity index (χ0v) is 13.3. The Kier molecular flexibility index (Phi) is 7.39. The van der Waals surface area contributed by atoms with Gasteiger partial charge in [-0.15, -0.1) is 0 Å². The normalized spacial score (nSPS) is 11.7. The van der Waals surface area contributed by atoms with Crippen molar-refractivity contribution in [3.8, 4) is 0 Å². The van der Waals surface area contributed by atoms with Crippen LogP contribution in [-0.4, -0.2) is 43.8 Å². The van der Waals surface area contributed by atoms with Gasteiger partial charge < -0.3 is 5.73 Å². The highest BCUT2D eigenvalue weighted by Gasteiger charge is 2.15. The first-order valence-electron chi connectivity index (χ1n) is 7.18. The minimum Gasteiger partial charge on any atom is -0.370 e. The molecule has 0 aliphatic heterocycles. The zero-order chi connectivity index (χ0) is 15.7. The average Bonchev–Trinajstić information content (AvgIpc) is 2.44.